The van der Waals surface area contributed by atoms with Gasteiger partial charge in [0.05, 0.1) is 0 Å². The molecule has 1 aliphatic rings. The van der Waals surface area contributed by atoms with E-state index in [1.165, 1.54) is 18.9 Å². The standard InChI is InChI=1S/C12H21N3O4/c1-8(9(16)17)14(5)11(19)15-7-6-13(4)10(18)12(15,2)3/h8H,6-7H2,1-5H3,(H,16,17). The number of hydrogen-bond acceptors (Lipinski definition) is 3. The number of carboxylic acids is 1. The fraction of sp³-hybridized carbons (Fsp3) is 0.750. The van der Waals surface area contributed by atoms with Crippen LogP contribution in [0.5, 0.6) is 0 Å². The van der Waals surface area contributed by atoms with Crippen LogP contribution >= 0.6 is 0 Å². The second-order valence-corrected chi connectivity index (χ2v) is 5.35. The molecule has 1 N–H and O–H groups in total. The maximum atomic E-state index is 12.3. The highest BCUT2D eigenvalue weighted by atomic mass is 16.4. The van der Waals surface area contributed by atoms with Crippen molar-refractivity contribution in [2.24, 2.45) is 0 Å². The zero-order chi connectivity index (χ0) is 15.0. The second-order valence-electron chi connectivity index (χ2n) is 5.35. The van der Waals surface area contributed by atoms with E-state index in [1.54, 1.807) is 25.8 Å². The molecule has 1 fully saturated rings. The van der Waals surface area contributed by atoms with Crippen molar-refractivity contribution in [1.82, 2.24) is 14.7 Å². The number of hydrogen-bond donors (Lipinski definition) is 1. The summed E-state index contributed by atoms with van der Waals surface area (Å²) in [4.78, 5) is 39.5. The predicted octanol–water partition coefficient (Wildman–Crippen LogP) is 0.0639. The first-order valence-electron chi connectivity index (χ1n) is 6.13. The Hall–Kier alpha value is -1.79. The molecule has 1 rings (SSSR count). The van der Waals surface area contributed by atoms with E-state index in [2.05, 4.69) is 0 Å². The largest absolute Gasteiger partial charge is 0.480 e. The molecule has 0 spiro atoms. The zero-order valence-electron chi connectivity index (χ0n) is 12.0. The minimum atomic E-state index is -1.07. The fourth-order valence-corrected chi connectivity index (χ4v) is 2.07. The molecule has 7 heteroatoms. The van der Waals surface area contributed by atoms with Crippen LogP contribution in [0, 0.1) is 0 Å². The normalized spacial score (nSPS) is 20.2. The van der Waals surface area contributed by atoms with Crippen LogP contribution < -0.4 is 0 Å². The third-order valence-electron chi connectivity index (χ3n) is 3.67. The van der Waals surface area contributed by atoms with E-state index in [0.717, 1.165) is 4.90 Å². The molecule has 0 aromatic heterocycles. The Morgan fingerprint density at radius 1 is 1.37 bits per heavy atom. The lowest BCUT2D eigenvalue weighted by Gasteiger charge is -2.46. The van der Waals surface area contributed by atoms with Crippen LogP contribution in [0.4, 0.5) is 4.79 Å². The summed E-state index contributed by atoms with van der Waals surface area (Å²) in [6.07, 6.45) is 0. The first-order chi connectivity index (χ1) is 8.60. The van der Waals surface area contributed by atoms with Gasteiger partial charge in [-0.15, -0.1) is 0 Å². The van der Waals surface area contributed by atoms with Gasteiger partial charge in [-0.05, 0) is 20.8 Å². The molecule has 1 aliphatic heterocycles. The minimum absolute atomic E-state index is 0.150. The van der Waals surface area contributed by atoms with Gasteiger partial charge in [-0.1, -0.05) is 0 Å². The molecule has 0 aliphatic carbocycles. The van der Waals surface area contributed by atoms with E-state index in [1.807, 2.05) is 0 Å². The number of aliphatic carboxylic acids is 1. The van der Waals surface area contributed by atoms with Gasteiger partial charge in [0, 0.05) is 27.2 Å². The van der Waals surface area contributed by atoms with E-state index >= 15 is 0 Å². The van der Waals surface area contributed by atoms with Gasteiger partial charge < -0.3 is 19.8 Å². The first-order valence-corrected chi connectivity index (χ1v) is 6.13. The Labute approximate surface area is 112 Å². The number of piperazine rings is 1. The molecule has 0 bridgehead atoms. The van der Waals surface area contributed by atoms with Gasteiger partial charge in [-0.25, -0.2) is 9.59 Å². The lowest BCUT2D eigenvalue weighted by atomic mass is 9.98. The monoisotopic (exact) mass is 271 g/mol. The molecule has 1 saturated heterocycles. The highest BCUT2D eigenvalue weighted by Crippen LogP contribution is 2.23. The van der Waals surface area contributed by atoms with Gasteiger partial charge >= 0.3 is 12.0 Å². The summed E-state index contributed by atoms with van der Waals surface area (Å²) >= 11 is 0. The summed E-state index contributed by atoms with van der Waals surface area (Å²) in [5.41, 5.74) is -0.962. The number of carboxylic acid groups (broad SMARTS) is 1. The number of amides is 3. The van der Waals surface area contributed by atoms with Crippen LogP contribution in [-0.4, -0.2) is 76.5 Å². The van der Waals surface area contributed by atoms with Gasteiger partial charge in [-0.3, -0.25) is 4.79 Å². The second kappa shape index (κ2) is 5.07. The van der Waals surface area contributed by atoms with Crippen molar-refractivity contribution in [2.45, 2.75) is 32.4 Å². The van der Waals surface area contributed by atoms with Crippen LogP contribution in [0.1, 0.15) is 20.8 Å². The topological polar surface area (TPSA) is 81.2 Å². The highest BCUT2D eigenvalue weighted by molar-refractivity contribution is 5.92. The van der Waals surface area contributed by atoms with Crippen molar-refractivity contribution >= 4 is 17.9 Å². The van der Waals surface area contributed by atoms with Gasteiger partial charge in [0.1, 0.15) is 11.6 Å². The third kappa shape index (κ3) is 2.64. The Balaban J connectivity index is 2.93. The van der Waals surface area contributed by atoms with Crippen molar-refractivity contribution in [1.29, 1.82) is 0 Å². The van der Waals surface area contributed by atoms with Crippen LogP contribution in [-0.2, 0) is 9.59 Å². The summed E-state index contributed by atoms with van der Waals surface area (Å²) in [6.45, 7) is 5.61. The Morgan fingerprint density at radius 2 is 1.89 bits per heavy atom. The van der Waals surface area contributed by atoms with Crippen LogP contribution in [0.15, 0.2) is 0 Å². The number of carbonyl (C=O) groups is 3. The van der Waals surface area contributed by atoms with E-state index in [4.69, 9.17) is 5.11 Å². The number of likely N-dealkylation sites (N-methyl/N-ethyl adjacent to an activating group) is 2. The van der Waals surface area contributed by atoms with Crippen LogP contribution in [0.2, 0.25) is 0 Å². The molecule has 1 unspecified atom stereocenters. The summed E-state index contributed by atoms with van der Waals surface area (Å²) in [5.74, 6) is -1.22. The molecule has 108 valence electrons. The molecule has 7 nitrogen and oxygen atoms in total. The van der Waals surface area contributed by atoms with E-state index < -0.39 is 23.6 Å². The maximum absolute atomic E-state index is 12.3. The molecule has 0 saturated carbocycles. The molecule has 0 aromatic rings. The first kappa shape index (κ1) is 15.3. The van der Waals surface area contributed by atoms with Crippen molar-refractivity contribution in [3.8, 4) is 0 Å². The Kier molecular flexibility index (Phi) is 4.07. The van der Waals surface area contributed by atoms with Gasteiger partial charge in [-0.2, -0.15) is 0 Å². The predicted molar refractivity (Wildman–Crippen MR) is 68.7 cm³/mol. The van der Waals surface area contributed by atoms with Gasteiger partial charge in [0.25, 0.3) is 0 Å². The minimum Gasteiger partial charge on any atom is -0.480 e. The van der Waals surface area contributed by atoms with Crippen molar-refractivity contribution < 1.29 is 19.5 Å². The number of nitrogens with zero attached hydrogens (tertiary/aromatic N) is 3. The fourth-order valence-electron chi connectivity index (χ4n) is 2.07. The van der Waals surface area contributed by atoms with Gasteiger partial charge in [0.15, 0.2) is 0 Å². The maximum Gasteiger partial charge on any atom is 0.326 e. The molecule has 1 atom stereocenters. The average molecular weight is 271 g/mol. The number of rotatable bonds is 2. The summed E-state index contributed by atoms with van der Waals surface area (Å²) in [5, 5.41) is 8.94. The van der Waals surface area contributed by atoms with E-state index in [0.29, 0.717) is 13.1 Å². The molecular formula is C12H21N3O4. The smallest absolute Gasteiger partial charge is 0.326 e. The van der Waals surface area contributed by atoms with Crippen molar-refractivity contribution in [3.05, 3.63) is 0 Å². The van der Waals surface area contributed by atoms with Crippen molar-refractivity contribution in [2.75, 3.05) is 27.2 Å². The quantitative estimate of drug-likeness (QED) is 0.770. The molecule has 1 heterocycles. The lowest BCUT2D eigenvalue weighted by Crippen LogP contribution is -2.66. The van der Waals surface area contributed by atoms with Gasteiger partial charge in [0.2, 0.25) is 5.91 Å². The molecule has 0 aromatic carbocycles. The Bertz CT molecular complexity index is 408. The van der Waals surface area contributed by atoms with E-state index in [-0.39, 0.29) is 5.91 Å². The van der Waals surface area contributed by atoms with Crippen LogP contribution in [0.25, 0.3) is 0 Å². The summed E-state index contributed by atoms with van der Waals surface area (Å²) < 4.78 is 0. The van der Waals surface area contributed by atoms with E-state index in [9.17, 15) is 14.4 Å². The summed E-state index contributed by atoms with van der Waals surface area (Å²) in [6, 6.07) is -1.38. The lowest BCUT2D eigenvalue weighted by molar-refractivity contribution is -0.145. The Morgan fingerprint density at radius 3 is 2.37 bits per heavy atom. The summed E-state index contributed by atoms with van der Waals surface area (Å²) in [7, 11) is 3.12. The highest BCUT2D eigenvalue weighted by Gasteiger charge is 2.44. The molecule has 19 heavy (non-hydrogen) atoms. The average Bonchev–Trinajstić information content (AvgIpc) is 2.33. The molecular weight excluding hydrogens is 250 g/mol. The molecule has 3 amide bonds. The third-order valence-corrected chi connectivity index (χ3v) is 3.67. The van der Waals surface area contributed by atoms with Crippen LogP contribution in [0.3, 0.4) is 0 Å². The zero-order valence-corrected chi connectivity index (χ0v) is 12.0. The number of urea groups is 1. The SMILES string of the molecule is CC(C(=O)O)N(C)C(=O)N1CCN(C)C(=O)C1(C)C. The molecule has 0 radical (unpaired) electrons. The number of carbonyl (C=O) groups excluding carboxylic acids is 2. The van der Waals surface area contributed by atoms with Crippen molar-refractivity contribution in [3.63, 3.8) is 0 Å².